The van der Waals surface area contributed by atoms with E-state index in [-0.39, 0.29) is 5.92 Å². The van der Waals surface area contributed by atoms with Gasteiger partial charge in [-0.15, -0.1) is 0 Å². The van der Waals surface area contributed by atoms with Gasteiger partial charge in [-0.3, -0.25) is 4.99 Å². The van der Waals surface area contributed by atoms with Crippen LogP contribution in [0.4, 0.5) is 0 Å². The normalized spacial score (nSPS) is 19.2. The summed E-state index contributed by atoms with van der Waals surface area (Å²) in [5.41, 5.74) is 1.14. The Hall–Kier alpha value is -1.71. The summed E-state index contributed by atoms with van der Waals surface area (Å²) >= 11 is 0. The van der Waals surface area contributed by atoms with Crippen molar-refractivity contribution in [1.82, 2.24) is 0 Å². The first-order valence-corrected chi connectivity index (χ1v) is 5.41. The molecule has 0 saturated heterocycles. The van der Waals surface area contributed by atoms with Crippen LogP contribution in [0.1, 0.15) is 18.4 Å². The molecule has 16 heavy (non-hydrogen) atoms. The molecular formula is C12H13NO3. The number of hydrogen-bond acceptors (Lipinski definition) is 4. The highest BCUT2D eigenvalue weighted by Crippen LogP contribution is 2.35. The van der Waals surface area contributed by atoms with Crippen LogP contribution in [0.2, 0.25) is 0 Å². The van der Waals surface area contributed by atoms with Crippen LogP contribution in [-0.2, 0) is 4.74 Å². The van der Waals surface area contributed by atoms with Crippen molar-refractivity contribution >= 4 is 5.90 Å². The van der Waals surface area contributed by atoms with Gasteiger partial charge in [0.15, 0.2) is 17.4 Å². The van der Waals surface area contributed by atoms with E-state index < -0.39 is 0 Å². The van der Waals surface area contributed by atoms with E-state index in [1.54, 1.807) is 0 Å². The third kappa shape index (κ3) is 1.50. The fourth-order valence-electron chi connectivity index (χ4n) is 1.94. The quantitative estimate of drug-likeness (QED) is 0.763. The summed E-state index contributed by atoms with van der Waals surface area (Å²) in [5.74, 6) is 2.61. The highest BCUT2D eigenvalue weighted by molar-refractivity contribution is 5.84. The van der Waals surface area contributed by atoms with Crippen molar-refractivity contribution in [2.75, 3.05) is 19.9 Å². The number of rotatable bonds is 2. The molecule has 2 heterocycles. The zero-order chi connectivity index (χ0) is 11.0. The van der Waals surface area contributed by atoms with Gasteiger partial charge in [-0.1, -0.05) is 6.07 Å². The number of nitrogens with zero attached hydrogens (tertiary/aromatic N) is 1. The minimum Gasteiger partial charge on any atom is -0.479 e. The predicted molar refractivity (Wildman–Crippen MR) is 59.2 cm³/mol. The summed E-state index contributed by atoms with van der Waals surface area (Å²) in [6.07, 6.45) is 0. The molecule has 3 rings (SSSR count). The number of aliphatic imine (C=N–C) groups is 1. The van der Waals surface area contributed by atoms with Gasteiger partial charge in [0, 0.05) is 0 Å². The predicted octanol–water partition coefficient (Wildman–Crippen LogP) is 1.95. The van der Waals surface area contributed by atoms with E-state index in [0.717, 1.165) is 29.5 Å². The van der Waals surface area contributed by atoms with E-state index in [1.165, 1.54) is 0 Å². The average Bonchev–Trinajstić information content (AvgIpc) is 2.98. The molecule has 0 aliphatic carbocycles. The molecule has 1 aromatic carbocycles. The first kappa shape index (κ1) is 9.51. The molecule has 0 bridgehead atoms. The van der Waals surface area contributed by atoms with E-state index in [1.807, 2.05) is 18.2 Å². The molecule has 2 aliphatic heterocycles. The maximum atomic E-state index is 5.47. The molecule has 1 atom stereocenters. The van der Waals surface area contributed by atoms with Crippen molar-refractivity contribution < 1.29 is 14.2 Å². The van der Waals surface area contributed by atoms with Gasteiger partial charge in [-0.05, 0) is 24.6 Å². The lowest BCUT2D eigenvalue weighted by molar-refractivity contribution is 0.174. The van der Waals surface area contributed by atoms with Gasteiger partial charge in [0.1, 0.15) is 6.61 Å². The maximum absolute atomic E-state index is 5.47. The average molecular weight is 219 g/mol. The SMILES string of the molecule is CC(C1=NCCO1)c1ccc2c(c1)OCO2. The van der Waals surface area contributed by atoms with Crippen molar-refractivity contribution in [3.8, 4) is 11.5 Å². The Balaban J connectivity index is 1.89. The van der Waals surface area contributed by atoms with Crippen molar-refractivity contribution in [2.24, 2.45) is 4.99 Å². The molecule has 1 unspecified atom stereocenters. The van der Waals surface area contributed by atoms with Gasteiger partial charge in [0.25, 0.3) is 0 Å². The fourth-order valence-corrected chi connectivity index (χ4v) is 1.94. The van der Waals surface area contributed by atoms with Crippen molar-refractivity contribution in [3.63, 3.8) is 0 Å². The van der Waals surface area contributed by atoms with E-state index in [2.05, 4.69) is 11.9 Å². The third-order valence-electron chi connectivity index (χ3n) is 2.88. The summed E-state index contributed by atoms with van der Waals surface area (Å²) < 4.78 is 16.1. The van der Waals surface area contributed by atoms with E-state index in [0.29, 0.717) is 13.4 Å². The Bertz CT molecular complexity index is 442. The van der Waals surface area contributed by atoms with Crippen LogP contribution < -0.4 is 9.47 Å². The maximum Gasteiger partial charge on any atom is 0.231 e. The molecule has 4 heteroatoms. The summed E-state index contributed by atoms with van der Waals surface area (Å²) in [5, 5.41) is 0. The fraction of sp³-hybridized carbons (Fsp3) is 0.417. The number of ether oxygens (including phenoxy) is 3. The highest BCUT2D eigenvalue weighted by atomic mass is 16.7. The molecule has 0 amide bonds. The molecule has 0 fully saturated rings. The molecule has 0 radical (unpaired) electrons. The topological polar surface area (TPSA) is 40.0 Å². The Morgan fingerprint density at radius 2 is 2.06 bits per heavy atom. The molecule has 0 aromatic heterocycles. The van der Waals surface area contributed by atoms with Crippen LogP contribution >= 0.6 is 0 Å². The number of benzene rings is 1. The van der Waals surface area contributed by atoms with Gasteiger partial charge in [0.2, 0.25) is 6.79 Å². The standard InChI is InChI=1S/C12H13NO3/c1-8(12-13-4-5-14-12)9-2-3-10-11(6-9)16-7-15-10/h2-3,6,8H,4-5,7H2,1H3. The van der Waals surface area contributed by atoms with Crippen LogP contribution in [0.15, 0.2) is 23.2 Å². The molecule has 2 aliphatic rings. The van der Waals surface area contributed by atoms with Crippen LogP contribution in [0.5, 0.6) is 11.5 Å². The molecule has 0 saturated carbocycles. The number of hydrogen-bond donors (Lipinski definition) is 0. The largest absolute Gasteiger partial charge is 0.479 e. The first-order chi connectivity index (χ1) is 7.84. The van der Waals surface area contributed by atoms with Crippen molar-refractivity contribution in [2.45, 2.75) is 12.8 Å². The zero-order valence-corrected chi connectivity index (χ0v) is 9.10. The summed E-state index contributed by atoms with van der Waals surface area (Å²) in [6.45, 7) is 3.86. The third-order valence-corrected chi connectivity index (χ3v) is 2.88. The van der Waals surface area contributed by atoms with Crippen LogP contribution in [0.25, 0.3) is 0 Å². The molecule has 4 nitrogen and oxygen atoms in total. The van der Waals surface area contributed by atoms with Gasteiger partial charge >= 0.3 is 0 Å². The lowest BCUT2D eigenvalue weighted by Crippen LogP contribution is -2.09. The monoisotopic (exact) mass is 219 g/mol. The zero-order valence-electron chi connectivity index (χ0n) is 9.10. The van der Waals surface area contributed by atoms with Crippen LogP contribution in [0, 0.1) is 0 Å². The lowest BCUT2D eigenvalue weighted by Gasteiger charge is -2.12. The Kier molecular flexibility index (Phi) is 2.20. The lowest BCUT2D eigenvalue weighted by atomic mass is 10.0. The van der Waals surface area contributed by atoms with Gasteiger partial charge in [0.05, 0.1) is 12.5 Å². The molecule has 0 N–H and O–H groups in total. The second kappa shape index (κ2) is 3.70. The van der Waals surface area contributed by atoms with Crippen LogP contribution in [-0.4, -0.2) is 25.8 Å². The molecule has 0 spiro atoms. The van der Waals surface area contributed by atoms with Gasteiger partial charge in [-0.25, -0.2) is 0 Å². The Morgan fingerprint density at radius 1 is 1.19 bits per heavy atom. The summed E-state index contributed by atoms with van der Waals surface area (Å²) in [7, 11) is 0. The second-order valence-electron chi connectivity index (χ2n) is 3.90. The Morgan fingerprint density at radius 3 is 2.88 bits per heavy atom. The summed E-state index contributed by atoms with van der Waals surface area (Å²) in [4.78, 5) is 4.33. The Labute approximate surface area is 93.8 Å². The second-order valence-corrected chi connectivity index (χ2v) is 3.90. The smallest absolute Gasteiger partial charge is 0.231 e. The minimum absolute atomic E-state index is 0.178. The van der Waals surface area contributed by atoms with Crippen molar-refractivity contribution in [1.29, 1.82) is 0 Å². The van der Waals surface area contributed by atoms with Gasteiger partial charge in [-0.2, -0.15) is 0 Å². The van der Waals surface area contributed by atoms with E-state index in [9.17, 15) is 0 Å². The first-order valence-electron chi connectivity index (χ1n) is 5.41. The molecule has 1 aromatic rings. The van der Waals surface area contributed by atoms with Gasteiger partial charge < -0.3 is 14.2 Å². The molecule has 84 valence electrons. The number of fused-ring (bicyclic) bond motifs is 1. The highest BCUT2D eigenvalue weighted by Gasteiger charge is 2.21. The van der Waals surface area contributed by atoms with E-state index >= 15 is 0 Å². The summed E-state index contributed by atoms with van der Waals surface area (Å²) in [6, 6.07) is 5.96. The van der Waals surface area contributed by atoms with Crippen LogP contribution in [0.3, 0.4) is 0 Å². The van der Waals surface area contributed by atoms with Crippen molar-refractivity contribution in [3.05, 3.63) is 23.8 Å². The van der Waals surface area contributed by atoms with E-state index in [4.69, 9.17) is 14.2 Å². The molecular weight excluding hydrogens is 206 g/mol. The minimum atomic E-state index is 0.178.